The molecule has 0 saturated heterocycles. The molecule has 0 fully saturated rings. The number of amides is 1. The Balaban J connectivity index is 3.42. The Kier molecular flexibility index (Phi) is 59.0. The van der Waals surface area contributed by atoms with Crippen molar-refractivity contribution < 1.29 is 24.5 Å². The lowest BCUT2D eigenvalue weighted by atomic mass is 10.0. The van der Waals surface area contributed by atoms with E-state index in [-0.39, 0.29) is 18.5 Å². The SMILES string of the molecule is CCCCCC/C=C\C/C=C\CCCCCCCCCC(=O)OCCCCCCCCCCCCCCCCCCCCCC(=O)NC(CO)C(O)/C=C/CCCCCCCCCCCCCCCCC. The molecule has 0 saturated carbocycles. The van der Waals surface area contributed by atoms with Gasteiger partial charge in [0.15, 0.2) is 0 Å². The Morgan fingerprint density at radius 2 is 0.704 bits per heavy atom. The fourth-order valence-electron chi connectivity index (χ4n) is 9.78. The van der Waals surface area contributed by atoms with Crippen molar-refractivity contribution in [3.63, 3.8) is 0 Å². The molecular weight excluding hydrogens is 875 g/mol. The molecule has 6 heteroatoms. The minimum absolute atomic E-state index is 0.00122. The van der Waals surface area contributed by atoms with E-state index >= 15 is 0 Å². The van der Waals surface area contributed by atoms with Crippen molar-refractivity contribution in [3.8, 4) is 0 Å². The number of unbranched alkanes of at least 4 members (excludes halogenated alkanes) is 44. The van der Waals surface area contributed by atoms with E-state index in [0.29, 0.717) is 19.4 Å². The molecule has 0 aliphatic rings. The molecule has 1 amide bonds. The summed E-state index contributed by atoms with van der Waals surface area (Å²) in [6, 6.07) is -0.631. The molecule has 3 N–H and O–H groups in total. The molecular formula is C65H123NO5. The van der Waals surface area contributed by atoms with E-state index in [1.54, 1.807) is 6.08 Å². The van der Waals surface area contributed by atoms with Gasteiger partial charge in [-0.1, -0.05) is 301 Å². The number of aliphatic hydroxyl groups excluding tert-OH is 2. The van der Waals surface area contributed by atoms with Crippen LogP contribution in [0, 0.1) is 0 Å². The van der Waals surface area contributed by atoms with Gasteiger partial charge in [-0.2, -0.15) is 0 Å². The number of ether oxygens (including phenoxy) is 1. The summed E-state index contributed by atoms with van der Waals surface area (Å²) in [6.07, 6.45) is 76.1. The van der Waals surface area contributed by atoms with E-state index in [1.165, 1.54) is 263 Å². The number of nitrogens with one attached hydrogen (secondary N) is 1. The van der Waals surface area contributed by atoms with E-state index in [4.69, 9.17) is 4.74 Å². The summed E-state index contributed by atoms with van der Waals surface area (Å²) in [7, 11) is 0. The molecule has 0 aromatic rings. The normalized spacial score (nSPS) is 12.8. The highest BCUT2D eigenvalue weighted by molar-refractivity contribution is 5.76. The van der Waals surface area contributed by atoms with E-state index in [0.717, 1.165) is 51.4 Å². The lowest BCUT2D eigenvalue weighted by Crippen LogP contribution is -2.45. The number of rotatable bonds is 59. The van der Waals surface area contributed by atoms with E-state index in [9.17, 15) is 19.8 Å². The second-order valence-corrected chi connectivity index (χ2v) is 21.7. The topological polar surface area (TPSA) is 95.9 Å². The number of carbonyl (C=O) groups is 2. The summed E-state index contributed by atoms with van der Waals surface area (Å²) >= 11 is 0. The Morgan fingerprint density at radius 1 is 0.394 bits per heavy atom. The van der Waals surface area contributed by atoms with E-state index in [1.807, 2.05) is 6.08 Å². The zero-order valence-electron chi connectivity index (χ0n) is 47.7. The Morgan fingerprint density at radius 3 is 1.08 bits per heavy atom. The Hall–Kier alpha value is -1.92. The second kappa shape index (κ2) is 60.6. The van der Waals surface area contributed by atoms with Crippen LogP contribution in [0.1, 0.15) is 341 Å². The molecule has 0 spiro atoms. The van der Waals surface area contributed by atoms with Crippen LogP contribution >= 0.6 is 0 Å². The highest BCUT2D eigenvalue weighted by atomic mass is 16.5. The maximum atomic E-state index is 12.5. The van der Waals surface area contributed by atoms with Gasteiger partial charge in [0, 0.05) is 12.8 Å². The first-order valence-corrected chi connectivity index (χ1v) is 31.8. The summed E-state index contributed by atoms with van der Waals surface area (Å²) < 4.78 is 5.49. The first kappa shape index (κ1) is 69.1. The lowest BCUT2D eigenvalue weighted by Gasteiger charge is -2.20. The molecule has 0 heterocycles. The van der Waals surface area contributed by atoms with Gasteiger partial charge in [0.2, 0.25) is 5.91 Å². The number of hydrogen-bond donors (Lipinski definition) is 3. The number of hydrogen-bond acceptors (Lipinski definition) is 5. The first-order valence-electron chi connectivity index (χ1n) is 31.8. The third-order valence-electron chi connectivity index (χ3n) is 14.7. The average Bonchev–Trinajstić information content (AvgIpc) is 3.37. The Labute approximate surface area is 443 Å². The molecule has 0 aromatic heterocycles. The van der Waals surface area contributed by atoms with Gasteiger partial charge in [0.1, 0.15) is 0 Å². The molecule has 2 atom stereocenters. The molecule has 0 radical (unpaired) electrons. The van der Waals surface area contributed by atoms with Gasteiger partial charge in [-0.15, -0.1) is 0 Å². The molecule has 71 heavy (non-hydrogen) atoms. The maximum Gasteiger partial charge on any atom is 0.305 e. The van der Waals surface area contributed by atoms with Gasteiger partial charge < -0.3 is 20.3 Å². The fourth-order valence-corrected chi connectivity index (χ4v) is 9.78. The zero-order valence-corrected chi connectivity index (χ0v) is 47.7. The highest BCUT2D eigenvalue weighted by Crippen LogP contribution is 2.17. The summed E-state index contributed by atoms with van der Waals surface area (Å²) in [5.41, 5.74) is 0. The number of aliphatic hydroxyl groups is 2. The predicted octanol–water partition coefficient (Wildman–Crippen LogP) is 20.0. The first-order chi connectivity index (χ1) is 35.0. The van der Waals surface area contributed by atoms with Crippen molar-refractivity contribution >= 4 is 11.9 Å². The van der Waals surface area contributed by atoms with Crippen molar-refractivity contribution in [3.05, 3.63) is 36.5 Å². The van der Waals surface area contributed by atoms with Crippen LogP contribution in [-0.4, -0.2) is 47.4 Å². The van der Waals surface area contributed by atoms with E-state index in [2.05, 4.69) is 43.5 Å². The van der Waals surface area contributed by atoms with Crippen LogP contribution in [0.15, 0.2) is 36.5 Å². The van der Waals surface area contributed by atoms with Crippen LogP contribution in [0.3, 0.4) is 0 Å². The third-order valence-corrected chi connectivity index (χ3v) is 14.7. The van der Waals surface area contributed by atoms with Gasteiger partial charge in [0.25, 0.3) is 0 Å². The van der Waals surface area contributed by atoms with Crippen molar-refractivity contribution in [1.29, 1.82) is 0 Å². The van der Waals surface area contributed by atoms with Crippen LogP contribution < -0.4 is 5.32 Å². The van der Waals surface area contributed by atoms with Crippen molar-refractivity contribution in [2.45, 2.75) is 353 Å². The molecule has 2 unspecified atom stereocenters. The van der Waals surface area contributed by atoms with Gasteiger partial charge in [0.05, 0.1) is 25.4 Å². The minimum Gasteiger partial charge on any atom is -0.466 e. The minimum atomic E-state index is -0.847. The smallest absolute Gasteiger partial charge is 0.305 e. The number of allylic oxidation sites excluding steroid dienone is 5. The third kappa shape index (κ3) is 57.2. The maximum absolute atomic E-state index is 12.5. The molecule has 6 nitrogen and oxygen atoms in total. The average molecular weight is 999 g/mol. The quantitative estimate of drug-likeness (QED) is 0.0321. The monoisotopic (exact) mass is 998 g/mol. The molecule has 0 aliphatic heterocycles. The van der Waals surface area contributed by atoms with Crippen molar-refractivity contribution in [2.75, 3.05) is 13.2 Å². The molecule has 0 bridgehead atoms. The van der Waals surface area contributed by atoms with Crippen LogP contribution in [0.4, 0.5) is 0 Å². The number of esters is 1. The highest BCUT2D eigenvalue weighted by Gasteiger charge is 2.18. The largest absolute Gasteiger partial charge is 0.466 e. The van der Waals surface area contributed by atoms with E-state index < -0.39 is 12.1 Å². The molecule has 0 rings (SSSR count). The number of carbonyl (C=O) groups excluding carboxylic acids is 2. The summed E-state index contributed by atoms with van der Waals surface area (Å²) in [4.78, 5) is 24.6. The fraction of sp³-hybridized carbons (Fsp3) is 0.877. The zero-order chi connectivity index (χ0) is 51.4. The van der Waals surface area contributed by atoms with Crippen molar-refractivity contribution in [2.24, 2.45) is 0 Å². The summed E-state index contributed by atoms with van der Waals surface area (Å²) in [5, 5.41) is 23.2. The molecule has 0 aliphatic carbocycles. The van der Waals surface area contributed by atoms with Gasteiger partial charge in [-0.25, -0.2) is 0 Å². The van der Waals surface area contributed by atoms with Gasteiger partial charge in [-0.05, 0) is 64.2 Å². The van der Waals surface area contributed by atoms with Crippen LogP contribution in [0.25, 0.3) is 0 Å². The lowest BCUT2D eigenvalue weighted by molar-refractivity contribution is -0.143. The molecule has 418 valence electrons. The Bertz CT molecular complexity index is 1150. The van der Waals surface area contributed by atoms with Gasteiger partial charge in [-0.3, -0.25) is 9.59 Å². The summed E-state index contributed by atoms with van der Waals surface area (Å²) in [5.74, 6) is -0.0679. The van der Waals surface area contributed by atoms with Crippen LogP contribution in [0.5, 0.6) is 0 Å². The van der Waals surface area contributed by atoms with Gasteiger partial charge >= 0.3 is 5.97 Å². The predicted molar refractivity (Wildman–Crippen MR) is 310 cm³/mol. The molecule has 0 aromatic carbocycles. The second-order valence-electron chi connectivity index (χ2n) is 21.7. The standard InChI is InChI=1S/C65H123NO5/c1-3-5-7-9-11-13-15-17-19-21-27-31-35-39-43-47-51-55-59-65(70)71-60-56-52-48-44-40-36-32-28-24-22-23-26-30-34-38-42-46-50-54-58-64(69)66-62(61-67)63(68)57-53-49-45-41-37-33-29-25-20-18-16-14-12-10-8-6-4-2/h13,15,19,21,53,57,62-63,67-68H,3-12,14,16-18,20,22-52,54-56,58-61H2,1-2H3,(H,66,69)/b15-13-,21-19-,57-53+. The van der Waals surface area contributed by atoms with Crippen LogP contribution in [-0.2, 0) is 14.3 Å². The summed E-state index contributed by atoms with van der Waals surface area (Å²) in [6.45, 7) is 4.90. The van der Waals surface area contributed by atoms with Crippen molar-refractivity contribution in [1.82, 2.24) is 5.32 Å². The van der Waals surface area contributed by atoms with Crippen LogP contribution in [0.2, 0.25) is 0 Å².